The molecule has 2 N–H and O–H groups in total. The minimum absolute atomic E-state index is 0.286. The zero-order valence-corrected chi connectivity index (χ0v) is 13.2. The Morgan fingerprint density at radius 1 is 1.47 bits per heavy atom. The van der Waals surface area contributed by atoms with E-state index in [0.29, 0.717) is 6.04 Å². The van der Waals surface area contributed by atoms with Gasteiger partial charge in [0.15, 0.2) is 0 Å². The number of nitrogens with zero attached hydrogens (tertiary/aromatic N) is 1. The molecule has 0 radical (unpaired) electrons. The molecule has 1 aliphatic carbocycles. The third-order valence-electron chi connectivity index (χ3n) is 5.49. The predicted molar refractivity (Wildman–Crippen MR) is 82.5 cm³/mol. The van der Waals surface area contributed by atoms with Crippen LogP contribution in [-0.2, 0) is 6.42 Å². The van der Waals surface area contributed by atoms with Crippen LogP contribution in [0.1, 0.15) is 50.1 Å². The molecule has 1 fully saturated rings. The van der Waals surface area contributed by atoms with E-state index >= 15 is 0 Å². The molecule has 1 aromatic heterocycles. The summed E-state index contributed by atoms with van der Waals surface area (Å²) in [7, 11) is 0. The van der Waals surface area contributed by atoms with Crippen molar-refractivity contribution in [2.24, 2.45) is 17.6 Å². The molecule has 0 amide bonds. The van der Waals surface area contributed by atoms with Gasteiger partial charge in [0, 0.05) is 29.5 Å². The number of hydrogen-bond donors (Lipinski definition) is 1. The van der Waals surface area contributed by atoms with Crippen LogP contribution in [0.4, 0.5) is 0 Å². The van der Waals surface area contributed by atoms with E-state index in [2.05, 4.69) is 37.1 Å². The Bertz CT molecular complexity index is 445. The van der Waals surface area contributed by atoms with Crippen LogP contribution in [0.2, 0.25) is 0 Å². The zero-order chi connectivity index (χ0) is 13.6. The van der Waals surface area contributed by atoms with Crippen LogP contribution in [0.25, 0.3) is 0 Å². The van der Waals surface area contributed by atoms with Crippen molar-refractivity contribution in [1.82, 2.24) is 4.90 Å². The highest BCUT2D eigenvalue weighted by atomic mass is 32.1. The quantitative estimate of drug-likeness (QED) is 0.918. The van der Waals surface area contributed by atoms with Crippen molar-refractivity contribution in [3.8, 4) is 0 Å². The Labute approximate surface area is 121 Å². The van der Waals surface area contributed by atoms with E-state index in [-0.39, 0.29) is 5.54 Å². The molecular weight excluding hydrogens is 252 g/mol. The Balaban J connectivity index is 1.79. The monoisotopic (exact) mass is 278 g/mol. The van der Waals surface area contributed by atoms with Crippen LogP contribution in [-0.4, -0.2) is 23.5 Å². The van der Waals surface area contributed by atoms with Crippen molar-refractivity contribution >= 4 is 11.3 Å². The third kappa shape index (κ3) is 2.07. The number of nitrogens with two attached hydrogens (primary N) is 1. The summed E-state index contributed by atoms with van der Waals surface area (Å²) in [6.45, 7) is 9.07. The zero-order valence-electron chi connectivity index (χ0n) is 12.4. The molecule has 2 aliphatic rings. The predicted octanol–water partition coefficient (Wildman–Crippen LogP) is 3.43. The van der Waals surface area contributed by atoms with Gasteiger partial charge in [-0.2, -0.15) is 0 Å². The van der Waals surface area contributed by atoms with Crippen LogP contribution in [0.5, 0.6) is 0 Å². The molecule has 2 nitrogen and oxygen atoms in total. The van der Waals surface area contributed by atoms with Gasteiger partial charge in [0.25, 0.3) is 0 Å². The molecule has 19 heavy (non-hydrogen) atoms. The number of hydrogen-bond acceptors (Lipinski definition) is 3. The summed E-state index contributed by atoms with van der Waals surface area (Å²) in [5.41, 5.74) is 8.02. The molecule has 0 bridgehead atoms. The van der Waals surface area contributed by atoms with Gasteiger partial charge in [-0.25, -0.2) is 0 Å². The van der Waals surface area contributed by atoms with Gasteiger partial charge in [0.05, 0.1) is 0 Å². The lowest BCUT2D eigenvalue weighted by Crippen LogP contribution is -2.64. The summed E-state index contributed by atoms with van der Waals surface area (Å²) in [4.78, 5) is 4.30. The molecular formula is C16H26N2S. The van der Waals surface area contributed by atoms with Gasteiger partial charge in [-0.15, -0.1) is 11.3 Å². The van der Waals surface area contributed by atoms with Crippen molar-refractivity contribution in [3.63, 3.8) is 0 Å². The average molecular weight is 278 g/mol. The Morgan fingerprint density at radius 2 is 2.21 bits per heavy atom. The van der Waals surface area contributed by atoms with Crippen molar-refractivity contribution in [1.29, 1.82) is 0 Å². The maximum atomic E-state index is 6.18. The summed E-state index contributed by atoms with van der Waals surface area (Å²) in [6, 6.07) is 2.87. The molecule has 0 spiro atoms. The maximum Gasteiger partial charge on any atom is 0.0343 e. The van der Waals surface area contributed by atoms with Gasteiger partial charge in [-0.3, -0.25) is 4.90 Å². The van der Waals surface area contributed by atoms with Crippen LogP contribution in [0, 0.1) is 11.8 Å². The molecule has 1 unspecified atom stereocenters. The first-order chi connectivity index (χ1) is 9.07. The normalized spacial score (nSPS) is 35.2. The average Bonchev–Trinajstić information content (AvgIpc) is 2.79. The van der Waals surface area contributed by atoms with Crippen LogP contribution < -0.4 is 5.73 Å². The summed E-state index contributed by atoms with van der Waals surface area (Å²) < 4.78 is 0. The molecule has 2 heterocycles. The fourth-order valence-electron chi connectivity index (χ4n) is 4.06. The van der Waals surface area contributed by atoms with Crippen molar-refractivity contribution in [3.05, 3.63) is 21.9 Å². The SMILES string of the molecule is CC(C)C1CC(CN)(N2CCc3sccc3C2C)C1. The highest BCUT2D eigenvalue weighted by molar-refractivity contribution is 7.10. The van der Waals surface area contributed by atoms with E-state index in [1.54, 1.807) is 10.4 Å². The fourth-order valence-corrected chi connectivity index (χ4v) is 5.03. The second-order valence-corrected chi connectivity index (χ2v) is 7.76. The molecule has 1 atom stereocenters. The first-order valence-electron chi connectivity index (χ1n) is 7.60. The lowest BCUT2D eigenvalue weighted by molar-refractivity contribution is -0.0600. The van der Waals surface area contributed by atoms with E-state index in [0.717, 1.165) is 18.4 Å². The molecule has 1 saturated carbocycles. The smallest absolute Gasteiger partial charge is 0.0343 e. The van der Waals surface area contributed by atoms with E-state index in [9.17, 15) is 0 Å². The lowest BCUT2D eigenvalue weighted by atomic mass is 9.62. The third-order valence-corrected chi connectivity index (χ3v) is 6.49. The lowest BCUT2D eigenvalue weighted by Gasteiger charge is -2.58. The van der Waals surface area contributed by atoms with Gasteiger partial charge in [0.1, 0.15) is 0 Å². The maximum absolute atomic E-state index is 6.18. The molecule has 0 aromatic carbocycles. The highest BCUT2D eigenvalue weighted by Gasteiger charge is 2.50. The second-order valence-electron chi connectivity index (χ2n) is 6.76. The van der Waals surface area contributed by atoms with Crippen molar-refractivity contribution in [2.45, 2.75) is 51.6 Å². The summed E-state index contributed by atoms with van der Waals surface area (Å²) in [6.07, 6.45) is 3.81. The van der Waals surface area contributed by atoms with Gasteiger partial charge >= 0.3 is 0 Å². The van der Waals surface area contributed by atoms with Gasteiger partial charge < -0.3 is 5.73 Å². The summed E-state index contributed by atoms with van der Waals surface area (Å²) in [5, 5.41) is 2.25. The molecule has 3 heteroatoms. The van der Waals surface area contributed by atoms with Crippen LogP contribution >= 0.6 is 11.3 Å². The van der Waals surface area contributed by atoms with E-state index in [1.807, 2.05) is 11.3 Å². The summed E-state index contributed by atoms with van der Waals surface area (Å²) >= 11 is 1.92. The first-order valence-corrected chi connectivity index (χ1v) is 8.48. The largest absolute Gasteiger partial charge is 0.329 e. The van der Waals surface area contributed by atoms with Gasteiger partial charge in [-0.1, -0.05) is 13.8 Å². The Hall–Kier alpha value is -0.380. The fraction of sp³-hybridized carbons (Fsp3) is 0.750. The van der Waals surface area contributed by atoms with Crippen molar-refractivity contribution in [2.75, 3.05) is 13.1 Å². The van der Waals surface area contributed by atoms with E-state index in [1.165, 1.54) is 25.8 Å². The van der Waals surface area contributed by atoms with E-state index in [4.69, 9.17) is 5.73 Å². The van der Waals surface area contributed by atoms with Gasteiger partial charge in [-0.05, 0) is 55.0 Å². The van der Waals surface area contributed by atoms with Crippen LogP contribution in [0.3, 0.4) is 0 Å². The number of thiophene rings is 1. The topological polar surface area (TPSA) is 29.3 Å². The first kappa shape index (κ1) is 13.6. The second kappa shape index (κ2) is 4.87. The number of rotatable bonds is 3. The Kier molecular flexibility index (Phi) is 3.48. The minimum atomic E-state index is 0.286. The molecule has 1 aliphatic heterocycles. The van der Waals surface area contributed by atoms with Crippen molar-refractivity contribution < 1.29 is 0 Å². The van der Waals surface area contributed by atoms with E-state index < -0.39 is 0 Å². The Morgan fingerprint density at radius 3 is 2.84 bits per heavy atom. The highest BCUT2D eigenvalue weighted by Crippen LogP contribution is 2.49. The van der Waals surface area contributed by atoms with Crippen LogP contribution in [0.15, 0.2) is 11.4 Å². The molecule has 106 valence electrons. The molecule has 0 saturated heterocycles. The summed E-state index contributed by atoms with van der Waals surface area (Å²) in [5.74, 6) is 1.68. The minimum Gasteiger partial charge on any atom is -0.329 e. The standard InChI is InChI=1S/C16H26N2S/c1-11(2)13-8-16(9-13,10-17)18-6-4-15-14(12(18)3)5-7-19-15/h5,7,11-13H,4,6,8-10,17H2,1-3H3. The van der Waals surface area contributed by atoms with Gasteiger partial charge in [0.2, 0.25) is 0 Å². The molecule has 3 rings (SSSR count). The number of fused-ring (bicyclic) bond motifs is 1. The molecule has 1 aromatic rings.